The summed E-state index contributed by atoms with van der Waals surface area (Å²) in [5.74, 6) is -0.159. The summed E-state index contributed by atoms with van der Waals surface area (Å²) >= 11 is 7.42. The zero-order chi connectivity index (χ0) is 18.1. The molecule has 1 aliphatic heterocycles. The number of benzene rings is 1. The van der Waals surface area contributed by atoms with Crippen molar-refractivity contribution in [1.82, 2.24) is 15.5 Å². The van der Waals surface area contributed by atoms with Crippen molar-refractivity contribution < 1.29 is 9.53 Å². The van der Waals surface area contributed by atoms with Crippen molar-refractivity contribution in [2.45, 2.75) is 18.9 Å². The number of carbonyl (C=O) groups excluding carboxylic acids is 1. The van der Waals surface area contributed by atoms with Gasteiger partial charge >= 0.3 is 0 Å². The summed E-state index contributed by atoms with van der Waals surface area (Å²) in [6.45, 7) is 1.77. The van der Waals surface area contributed by atoms with E-state index in [9.17, 15) is 4.79 Å². The summed E-state index contributed by atoms with van der Waals surface area (Å²) in [6, 6.07) is 9.50. The minimum absolute atomic E-state index is 0.0413. The molecule has 134 valence electrons. The van der Waals surface area contributed by atoms with Crippen LogP contribution in [0.15, 0.2) is 30.3 Å². The van der Waals surface area contributed by atoms with E-state index in [0.29, 0.717) is 15.6 Å². The summed E-state index contributed by atoms with van der Waals surface area (Å²) in [5, 5.41) is 12.9. The number of thiophene rings is 1. The second kappa shape index (κ2) is 7.19. The number of ether oxygens (including phenoxy) is 1. The molecule has 1 fully saturated rings. The molecule has 2 aromatic heterocycles. The fourth-order valence-corrected chi connectivity index (χ4v) is 4.27. The van der Waals surface area contributed by atoms with Gasteiger partial charge in [0.15, 0.2) is 5.69 Å². The topological polar surface area (TPSA) is 90.1 Å². The number of primary amides is 1. The Morgan fingerprint density at radius 1 is 1.31 bits per heavy atom. The number of fused-ring (bicyclic) bond motifs is 1. The molecule has 1 aromatic carbocycles. The van der Waals surface area contributed by atoms with Gasteiger partial charge in [-0.05, 0) is 43.1 Å². The van der Waals surface area contributed by atoms with E-state index in [-0.39, 0.29) is 11.8 Å². The van der Waals surface area contributed by atoms with Crippen molar-refractivity contribution in [3.05, 3.63) is 41.0 Å². The minimum atomic E-state index is -0.599. The van der Waals surface area contributed by atoms with Crippen molar-refractivity contribution in [3.8, 4) is 16.3 Å². The summed E-state index contributed by atoms with van der Waals surface area (Å²) in [4.78, 5) is 12.7. The van der Waals surface area contributed by atoms with Gasteiger partial charge in [-0.15, -0.1) is 21.5 Å². The van der Waals surface area contributed by atoms with E-state index in [1.807, 2.05) is 30.3 Å². The molecule has 0 aliphatic carbocycles. The molecule has 3 aromatic rings. The van der Waals surface area contributed by atoms with Gasteiger partial charge in [-0.1, -0.05) is 23.7 Å². The number of nitrogens with zero attached hydrogens (tertiary/aromatic N) is 2. The molecule has 6 nitrogen and oxygen atoms in total. The number of rotatable bonds is 4. The lowest BCUT2D eigenvalue weighted by Gasteiger charge is -2.23. The second-order valence-electron chi connectivity index (χ2n) is 6.16. The number of carbonyl (C=O) groups is 1. The highest BCUT2D eigenvalue weighted by Crippen LogP contribution is 2.38. The van der Waals surface area contributed by atoms with Gasteiger partial charge in [-0.2, -0.15) is 0 Å². The summed E-state index contributed by atoms with van der Waals surface area (Å²) in [7, 11) is 0. The predicted molar refractivity (Wildman–Crippen MR) is 103 cm³/mol. The van der Waals surface area contributed by atoms with Gasteiger partial charge in [0.2, 0.25) is 5.88 Å². The molecule has 4 rings (SSSR count). The Labute approximate surface area is 159 Å². The van der Waals surface area contributed by atoms with Crippen LogP contribution < -0.4 is 15.8 Å². The first-order valence-electron chi connectivity index (χ1n) is 8.35. The van der Waals surface area contributed by atoms with Gasteiger partial charge in [0, 0.05) is 16.4 Å². The molecule has 1 aliphatic rings. The molecule has 0 unspecified atom stereocenters. The monoisotopic (exact) mass is 388 g/mol. The second-order valence-corrected chi connectivity index (χ2v) is 7.65. The summed E-state index contributed by atoms with van der Waals surface area (Å²) < 4.78 is 6.76. The maximum Gasteiger partial charge on any atom is 0.270 e. The van der Waals surface area contributed by atoms with E-state index in [2.05, 4.69) is 15.5 Å². The number of hydrogen-bond acceptors (Lipinski definition) is 6. The van der Waals surface area contributed by atoms with Crippen LogP contribution in [0.25, 0.3) is 20.5 Å². The first kappa shape index (κ1) is 17.2. The van der Waals surface area contributed by atoms with Crippen LogP contribution in [0.5, 0.6) is 5.88 Å². The average molecular weight is 389 g/mol. The van der Waals surface area contributed by atoms with Crippen LogP contribution in [-0.2, 0) is 0 Å². The standard InChI is InChI=1S/C18H17ClN4O2S/c19-11-5-3-10(4-6-11)14-8-13-16(26-14)15(17(20)24)22-23-18(13)25-12-2-1-7-21-9-12/h3-6,8,12,21H,1-2,7,9H2,(H2,20,24)/t12-/m0/s1. The first-order valence-corrected chi connectivity index (χ1v) is 9.54. The zero-order valence-corrected chi connectivity index (χ0v) is 15.4. The third-order valence-corrected chi connectivity index (χ3v) is 5.75. The van der Waals surface area contributed by atoms with E-state index in [4.69, 9.17) is 22.1 Å². The summed E-state index contributed by atoms with van der Waals surface area (Å²) in [6.07, 6.45) is 2.06. The van der Waals surface area contributed by atoms with Gasteiger partial charge in [0.1, 0.15) is 6.10 Å². The molecule has 1 atom stereocenters. The number of nitrogens with one attached hydrogen (secondary N) is 1. The SMILES string of the molecule is NC(=O)c1nnc(O[C@H]2CCCNC2)c2cc(-c3ccc(Cl)cc3)sc12. The van der Waals surface area contributed by atoms with Crippen LogP contribution in [0.3, 0.4) is 0 Å². The third-order valence-electron chi connectivity index (χ3n) is 4.31. The largest absolute Gasteiger partial charge is 0.471 e. The molecular formula is C18H17ClN4O2S. The van der Waals surface area contributed by atoms with Crippen molar-refractivity contribution >= 4 is 38.9 Å². The molecule has 26 heavy (non-hydrogen) atoms. The lowest BCUT2D eigenvalue weighted by atomic mass is 10.1. The van der Waals surface area contributed by atoms with Gasteiger partial charge in [0.05, 0.1) is 10.1 Å². The Morgan fingerprint density at radius 3 is 2.81 bits per heavy atom. The number of halogens is 1. The van der Waals surface area contributed by atoms with Gasteiger partial charge < -0.3 is 15.8 Å². The molecule has 1 saturated heterocycles. The maximum absolute atomic E-state index is 11.8. The first-order chi connectivity index (χ1) is 12.6. The van der Waals surface area contributed by atoms with E-state index < -0.39 is 5.91 Å². The Balaban J connectivity index is 1.78. The molecule has 3 N–H and O–H groups in total. The number of aromatic nitrogens is 2. The molecule has 0 saturated carbocycles. The number of piperidine rings is 1. The van der Waals surface area contributed by atoms with Crippen LogP contribution in [0.4, 0.5) is 0 Å². The molecule has 0 spiro atoms. The quantitative estimate of drug-likeness (QED) is 0.716. The Hall–Kier alpha value is -2.22. The Bertz CT molecular complexity index is 952. The maximum atomic E-state index is 11.8. The van der Waals surface area contributed by atoms with Gasteiger partial charge in [-0.3, -0.25) is 4.79 Å². The molecule has 1 amide bonds. The van der Waals surface area contributed by atoms with Crippen molar-refractivity contribution in [2.24, 2.45) is 5.73 Å². The highest BCUT2D eigenvalue weighted by Gasteiger charge is 2.21. The zero-order valence-electron chi connectivity index (χ0n) is 13.9. The third kappa shape index (κ3) is 3.38. The van der Waals surface area contributed by atoms with E-state index in [1.165, 1.54) is 11.3 Å². The molecule has 3 heterocycles. The highest BCUT2D eigenvalue weighted by atomic mass is 35.5. The lowest BCUT2D eigenvalue weighted by molar-refractivity contribution is 0.0996. The highest BCUT2D eigenvalue weighted by molar-refractivity contribution is 7.22. The van der Waals surface area contributed by atoms with E-state index in [1.54, 1.807) is 0 Å². The van der Waals surface area contributed by atoms with Gasteiger partial charge in [-0.25, -0.2) is 0 Å². The lowest BCUT2D eigenvalue weighted by Crippen LogP contribution is -2.37. The number of nitrogens with two attached hydrogens (primary N) is 1. The van der Waals surface area contributed by atoms with Crippen molar-refractivity contribution in [1.29, 1.82) is 0 Å². The van der Waals surface area contributed by atoms with Crippen LogP contribution in [-0.4, -0.2) is 35.3 Å². The normalized spacial score (nSPS) is 17.3. The predicted octanol–water partition coefficient (Wildman–Crippen LogP) is 3.24. The Morgan fingerprint density at radius 2 is 2.12 bits per heavy atom. The van der Waals surface area contributed by atoms with Crippen LogP contribution in [0.1, 0.15) is 23.3 Å². The van der Waals surface area contributed by atoms with Gasteiger partial charge in [0.25, 0.3) is 5.91 Å². The summed E-state index contributed by atoms with van der Waals surface area (Å²) in [5.41, 5.74) is 6.64. The smallest absolute Gasteiger partial charge is 0.270 e. The van der Waals surface area contributed by atoms with Crippen molar-refractivity contribution in [2.75, 3.05) is 13.1 Å². The fourth-order valence-electron chi connectivity index (χ4n) is 3.00. The molecule has 0 radical (unpaired) electrons. The fraction of sp³-hybridized carbons (Fsp3) is 0.278. The van der Waals surface area contributed by atoms with E-state index >= 15 is 0 Å². The molecule has 0 bridgehead atoms. The van der Waals surface area contributed by atoms with E-state index in [0.717, 1.165) is 41.8 Å². The molecule has 8 heteroatoms. The van der Waals surface area contributed by atoms with Crippen molar-refractivity contribution in [3.63, 3.8) is 0 Å². The minimum Gasteiger partial charge on any atom is -0.471 e. The van der Waals surface area contributed by atoms with Crippen LogP contribution in [0.2, 0.25) is 5.02 Å². The number of hydrogen-bond donors (Lipinski definition) is 2. The van der Waals surface area contributed by atoms with Crippen LogP contribution >= 0.6 is 22.9 Å². The average Bonchev–Trinajstić information content (AvgIpc) is 3.09. The Kier molecular flexibility index (Phi) is 4.76. The van der Waals surface area contributed by atoms with Crippen LogP contribution in [0, 0.1) is 0 Å². The molecular weight excluding hydrogens is 372 g/mol. The number of amides is 1.